The molecule has 0 spiro atoms. The minimum Gasteiger partial charge on any atom is -0.354 e. The fourth-order valence-electron chi connectivity index (χ4n) is 3.59. The van der Waals surface area contributed by atoms with Gasteiger partial charge >= 0.3 is 0 Å². The third-order valence-electron chi connectivity index (χ3n) is 5.25. The van der Waals surface area contributed by atoms with Crippen LogP contribution in [0.3, 0.4) is 0 Å². The highest BCUT2D eigenvalue weighted by Gasteiger charge is 2.19. The van der Waals surface area contributed by atoms with Gasteiger partial charge in [-0.05, 0) is 23.3 Å². The highest BCUT2D eigenvalue weighted by molar-refractivity contribution is 5.94. The molecule has 1 aliphatic heterocycles. The van der Waals surface area contributed by atoms with E-state index in [9.17, 15) is 4.79 Å². The zero-order valence-corrected chi connectivity index (χ0v) is 16.5. The molecule has 4 rings (SSSR count). The molecule has 2 heterocycles. The molecule has 0 radical (unpaired) electrons. The van der Waals surface area contributed by atoms with Crippen LogP contribution in [0.15, 0.2) is 79.0 Å². The van der Waals surface area contributed by atoms with Crippen LogP contribution in [0.5, 0.6) is 0 Å². The monoisotopic (exact) mass is 386 g/mol. The number of rotatable bonds is 6. The van der Waals surface area contributed by atoms with Crippen molar-refractivity contribution in [1.82, 2.24) is 15.2 Å². The Hall–Kier alpha value is -3.18. The van der Waals surface area contributed by atoms with E-state index >= 15 is 0 Å². The summed E-state index contributed by atoms with van der Waals surface area (Å²) in [4.78, 5) is 21.8. The van der Waals surface area contributed by atoms with Gasteiger partial charge in [0.05, 0.1) is 0 Å². The average molecular weight is 386 g/mol. The van der Waals surface area contributed by atoms with Crippen molar-refractivity contribution in [3.05, 3.63) is 95.7 Å². The van der Waals surface area contributed by atoms with Crippen molar-refractivity contribution >= 4 is 11.7 Å². The first-order chi connectivity index (χ1) is 14.3. The topological polar surface area (TPSA) is 48.5 Å². The van der Waals surface area contributed by atoms with Gasteiger partial charge in [0.2, 0.25) is 0 Å². The number of carbonyl (C=O) groups is 1. The number of anilines is 1. The van der Waals surface area contributed by atoms with Crippen molar-refractivity contribution in [1.29, 1.82) is 0 Å². The summed E-state index contributed by atoms with van der Waals surface area (Å²) in [6.45, 7) is 5.30. The lowest BCUT2D eigenvalue weighted by Crippen LogP contribution is -2.46. The summed E-state index contributed by atoms with van der Waals surface area (Å²) < 4.78 is 0. The Labute approximate surface area is 172 Å². The van der Waals surface area contributed by atoms with E-state index in [0.717, 1.165) is 44.1 Å². The van der Waals surface area contributed by atoms with Crippen molar-refractivity contribution in [2.45, 2.75) is 13.1 Å². The Morgan fingerprint density at radius 3 is 2.21 bits per heavy atom. The fourth-order valence-corrected chi connectivity index (χ4v) is 3.59. The lowest BCUT2D eigenvalue weighted by molar-refractivity contribution is 0.0951. The molecule has 0 unspecified atom stereocenters. The van der Waals surface area contributed by atoms with Crippen LogP contribution in [-0.4, -0.2) is 42.0 Å². The quantitative estimate of drug-likeness (QED) is 0.706. The van der Waals surface area contributed by atoms with E-state index in [1.165, 1.54) is 5.56 Å². The Morgan fingerprint density at radius 1 is 0.862 bits per heavy atom. The molecule has 0 saturated carbocycles. The van der Waals surface area contributed by atoms with Gasteiger partial charge in [-0.25, -0.2) is 4.98 Å². The molecule has 2 aromatic carbocycles. The zero-order chi connectivity index (χ0) is 19.9. The lowest BCUT2D eigenvalue weighted by atomic mass is 10.2. The van der Waals surface area contributed by atoms with E-state index in [0.29, 0.717) is 12.1 Å². The van der Waals surface area contributed by atoms with Crippen molar-refractivity contribution in [3.8, 4) is 0 Å². The Morgan fingerprint density at radius 2 is 1.52 bits per heavy atom. The number of amides is 1. The van der Waals surface area contributed by atoms with Gasteiger partial charge in [-0.2, -0.15) is 0 Å². The number of nitrogens with zero attached hydrogens (tertiary/aromatic N) is 3. The molecule has 0 aliphatic carbocycles. The minimum atomic E-state index is -0.0692. The molecule has 1 aromatic heterocycles. The first-order valence-electron chi connectivity index (χ1n) is 10.1. The number of nitrogens with one attached hydrogen (secondary N) is 1. The van der Waals surface area contributed by atoms with Crippen molar-refractivity contribution in [2.24, 2.45) is 0 Å². The van der Waals surface area contributed by atoms with Crippen LogP contribution < -0.4 is 10.2 Å². The number of carbonyl (C=O) groups excluding carboxylic acids is 1. The Bertz CT molecular complexity index is 922. The second-order valence-electron chi connectivity index (χ2n) is 7.32. The number of pyridine rings is 1. The predicted octanol–water partition coefficient (Wildman–Crippen LogP) is 3.33. The first kappa shape index (κ1) is 19.2. The number of aromatic nitrogens is 1. The maximum Gasteiger partial charge on any atom is 0.251 e. The highest BCUT2D eigenvalue weighted by Crippen LogP contribution is 2.16. The largest absolute Gasteiger partial charge is 0.354 e. The fraction of sp³-hybridized carbons (Fsp3) is 0.250. The van der Waals surface area contributed by atoms with Crippen LogP contribution >= 0.6 is 0 Å². The molecule has 1 fully saturated rings. The van der Waals surface area contributed by atoms with E-state index in [2.05, 4.69) is 50.4 Å². The van der Waals surface area contributed by atoms with Gasteiger partial charge in [0, 0.05) is 51.0 Å². The SMILES string of the molecule is O=C(NCc1ccccc1)c1ccnc(N2CCN(Cc3ccccc3)CC2)c1. The molecule has 1 N–H and O–H groups in total. The van der Waals surface area contributed by atoms with Gasteiger partial charge in [-0.15, -0.1) is 0 Å². The van der Waals surface area contributed by atoms with E-state index in [1.54, 1.807) is 12.3 Å². The summed E-state index contributed by atoms with van der Waals surface area (Å²) in [6.07, 6.45) is 1.73. The molecule has 148 valence electrons. The molecule has 5 heteroatoms. The molecule has 3 aromatic rings. The molecule has 5 nitrogen and oxygen atoms in total. The van der Waals surface area contributed by atoms with E-state index < -0.39 is 0 Å². The van der Waals surface area contributed by atoms with Crippen LogP contribution in [0.25, 0.3) is 0 Å². The Balaban J connectivity index is 1.32. The van der Waals surface area contributed by atoms with Crippen LogP contribution in [0.4, 0.5) is 5.82 Å². The van der Waals surface area contributed by atoms with E-state index in [1.807, 2.05) is 36.4 Å². The number of piperazine rings is 1. The number of hydrogen-bond donors (Lipinski definition) is 1. The van der Waals surface area contributed by atoms with Gasteiger partial charge in [0.25, 0.3) is 5.91 Å². The lowest BCUT2D eigenvalue weighted by Gasteiger charge is -2.35. The van der Waals surface area contributed by atoms with Gasteiger partial charge in [0.15, 0.2) is 0 Å². The van der Waals surface area contributed by atoms with E-state index in [-0.39, 0.29) is 5.91 Å². The molecule has 0 bridgehead atoms. The van der Waals surface area contributed by atoms with Gasteiger partial charge in [-0.1, -0.05) is 60.7 Å². The molecular weight excluding hydrogens is 360 g/mol. The number of hydrogen-bond acceptors (Lipinski definition) is 4. The van der Waals surface area contributed by atoms with Gasteiger partial charge in [0.1, 0.15) is 5.82 Å². The van der Waals surface area contributed by atoms with Crippen LogP contribution in [0.2, 0.25) is 0 Å². The van der Waals surface area contributed by atoms with Gasteiger partial charge < -0.3 is 10.2 Å². The van der Waals surface area contributed by atoms with Crippen molar-refractivity contribution in [3.63, 3.8) is 0 Å². The Kier molecular flexibility index (Phi) is 6.17. The average Bonchev–Trinajstić information content (AvgIpc) is 2.79. The van der Waals surface area contributed by atoms with Gasteiger partial charge in [-0.3, -0.25) is 9.69 Å². The summed E-state index contributed by atoms with van der Waals surface area (Å²) in [5.74, 6) is 0.803. The smallest absolute Gasteiger partial charge is 0.251 e. The van der Waals surface area contributed by atoms with Crippen LogP contribution in [0.1, 0.15) is 21.5 Å². The highest BCUT2D eigenvalue weighted by atomic mass is 16.1. The number of benzene rings is 2. The van der Waals surface area contributed by atoms with Crippen LogP contribution in [-0.2, 0) is 13.1 Å². The predicted molar refractivity (Wildman–Crippen MR) is 116 cm³/mol. The second-order valence-corrected chi connectivity index (χ2v) is 7.32. The summed E-state index contributed by atoms with van der Waals surface area (Å²) >= 11 is 0. The second kappa shape index (κ2) is 9.34. The first-order valence-corrected chi connectivity index (χ1v) is 10.1. The normalized spacial score (nSPS) is 14.6. The summed E-state index contributed by atoms with van der Waals surface area (Å²) in [5, 5.41) is 2.99. The molecule has 1 aliphatic rings. The molecule has 29 heavy (non-hydrogen) atoms. The van der Waals surface area contributed by atoms with E-state index in [4.69, 9.17) is 0 Å². The maximum absolute atomic E-state index is 12.5. The van der Waals surface area contributed by atoms with Crippen molar-refractivity contribution < 1.29 is 4.79 Å². The summed E-state index contributed by atoms with van der Waals surface area (Å²) in [6, 6.07) is 24.2. The maximum atomic E-state index is 12.5. The third-order valence-corrected chi connectivity index (χ3v) is 5.25. The zero-order valence-electron chi connectivity index (χ0n) is 16.5. The molecular formula is C24H26N4O. The van der Waals surface area contributed by atoms with Crippen LogP contribution in [0, 0.1) is 0 Å². The summed E-state index contributed by atoms with van der Waals surface area (Å²) in [7, 11) is 0. The molecule has 0 atom stereocenters. The summed E-state index contributed by atoms with van der Waals surface area (Å²) in [5.41, 5.74) is 3.08. The molecule has 1 saturated heterocycles. The standard InChI is InChI=1S/C24H26N4O/c29-24(26-18-20-7-3-1-4-8-20)22-11-12-25-23(17-22)28-15-13-27(14-16-28)19-21-9-5-2-6-10-21/h1-12,17H,13-16,18-19H2,(H,26,29). The van der Waals surface area contributed by atoms with Crippen molar-refractivity contribution in [2.75, 3.05) is 31.1 Å². The molecule has 1 amide bonds. The third kappa shape index (κ3) is 5.21. The minimum absolute atomic E-state index is 0.0692.